The third kappa shape index (κ3) is 2.87. The van der Waals surface area contributed by atoms with Crippen LogP contribution in [-0.4, -0.2) is 15.2 Å². The Balaban J connectivity index is 1.63. The van der Waals surface area contributed by atoms with Crippen LogP contribution in [0.3, 0.4) is 0 Å². The van der Waals surface area contributed by atoms with Crippen LogP contribution in [-0.2, 0) is 0 Å². The lowest BCUT2D eigenvalue weighted by atomic mass is 10.1. The van der Waals surface area contributed by atoms with E-state index >= 15 is 0 Å². The van der Waals surface area contributed by atoms with Crippen LogP contribution in [0.4, 0.5) is 11.7 Å². The van der Waals surface area contributed by atoms with Gasteiger partial charge in [0.1, 0.15) is 0 Å². The van der Waals surface area contributed by atoms with Crippen molar-refractivity contribution in [2.24, 2.45) is 0 Å². The van der Waals surface area contributed by atoms with Gasteiger partial charge >= 0.3 is 6.01 Å². The van der Waals surface area contributed by atoms with Crippen LogP contribution in [0, 0.1) is 13.8 Å². The highest BCUT2D eigenvalue weighted by Crippen LogP contribution is 2.33. The average molecular weight is 366 g/mol. The minimum atomic E-state index is 0.356. The van der Waals surface area contributed by atoms with E-state index in [1.54, 1.807) is 0 Å². The Labute approximate surface area is 162 Å². The SMILES string of the molecule is Cc1ccc(-c2nnc(Nc3c4ccccc4nc4ccc(C)cc34)o2)cc1. The van der Waals surface area contributed by atoms with Crippen LogP contribution in [0.5, 0.6) is 0 Å². The van der Waals surface area contributed by atoms with Crippen molar-refractivity contribution >= 4 is 33.5 Å². The molecule has 5 nitrogen and oxygen atoms in total. The average Bonchev–Trinajstić information content (AvgIpc) is 3.17. The van der Waals surface area contributed by atoms with Crippen LogP contribution in [0.2, 0.25) is 0 Å². The van der Waals surface area contributed by atoms with Gasteiger partial charge in [0.2, 0.25) is 5.89 Å². The standard InChI is InChI=1S/C23H18N4O/c1-14-7-10-16(11-8-14)22-26-27-23(28-22)25-21-17-5-3-4-6-19(17)24-20-12-9-15(2)13-18(20)21/h3-13H,1-2H3,(H,24,25,27). The van der Waals surface area contributed by atoms with E-state index in [9.17, 15) is 0 Å². The van der Waals surface area contributed by atoms with Gasteiger partial charge in [-0.1, -0.05) is 52.6 Å². The molecule has 0 spiro atoms. The molecule has 0 bridgehead atoms. The molecule has 3 aromatic carbocycles. The molecule has 2 aromatic heterocycles. The zero-order valence-corrected chi connectivity index (χ0v) is 15.6. The van der Waals surface area contributed by atoms with Crippen LogP contribution < -0.4 is 5.32 Å². The molecule has 0 unspecified atom stereocenters. The quantitative estimate of drug-likeness (QED) is 0.409. The number of para-hydroxylation sites is 1. The van der Waals surface area contributed by atoms with E-state index in [-0.39, 0.29) is 0 Å². The largest absolute Gasteiger partial charge is 0.403 e. The molecular formula is C23H18N4O. The summed E-state index contributed by atoms with van der Waals surface area (Å²) in [6.07, 6.45) is 0. The van der Waals surface area contributed by atoms with E-state index in [1.165, 1.54) is 11.1 Å². The second-order valence-electron chi connectivity index (χ2n) is 6.93. The van der Waals surface area contributed by atoms with E-state index < -0.39 is 0 Å². The van der Waals surface area contributed by atoms with E-state index in [1.807, 2.05) is 61.5 Å². The fourth-order valence-electron chi connectivity index (χ4n) is 3.33. The molecule has 1 N–H and O–H groups in total. The maximum Gasteiger partial charge on any atom is 0.320 e. The van der Waals surface area contributed by atoms with Gasteiger partial charge in [-0.05, 0) is 44.2 Å². The summed E-state index contributed by atoms with van der Waals surface area (Å²) in [5.74, 6) is 0.487. The molecule has 2 heterocycles. The minimum absolute atomic E-state index is 0.356. The summed E-state index contributed by atoms with van der Waals surface area (Å²) < 4.78 is 5.89. The highest BCUT2D eigenvalue weighted by molar-refractivity contribution is 6.08. The van der Waals surface area contributed by atoms with Gasteiger partial charge in [-0.3, -0.25) is 0 Å². The molecule has 0 atom stereocenters. The molecule has 0 radical (unpaired) electrons. The van der Waals surface area contributed by atoms with Crippen molar-refractivity contribution in [2.45, 2.75) is 13.8 Å². The molecule has 5 heteroatoms. The number of nitrogens with zero attached hydrogens (tertiary/aromatic N) is 3. The molecule has 0 amide bonds. The Kier molecular flexibility index (Phi) is 3.79. The maximum absolute atomic E-state index is 5.89. The maximum atomic E-state index is 5.89. The Morgan fingerprint density at radius 1 is 0.750 bits per heavy atom. The molecule has 0 aliphatic carbocycles. The van der Waals surface area contributed by atoms with Gasteiger partial charge in [0.25, 0.3) is 0 Å². The first-order valence-corrected chi connectivity index (χ1v) is 9.14. The number of pyridine rings is 1. The zero-order valence-electron chi connectivity index (χ0n) is 15.6. The van der Waals surface area contributed by atoms with Crippen molar-refractivity contribution in [1.82, 2.24) is 15.2 Å². The van der Waals surface area contributed by atoms with Crippen molar-refractivity contribution < 1.29 is 4.42 Å². The number of nitrogens with one attached hydrogen (secondary N) is 1. The monoisotopic (exact) mass is 366 g/mol. The van der Waals surface area contributed by atoms with Gasteiger partial charge in [-0.2, -0.15) is 0 Å². The van der Waals surface area contributed by atoms with Crippen molar-refractivity contribution in [3.05, 3.63) is 77.9 Å². The fraction of sp³-hybridized carbons (Fsp3) is 0.0870. The minimum Gasteiger partial charge on any atom is -0.403 e. The predicted molar refractivity (Wildman–Crippen MR) is 112 cm³/mol. The van der Waals surface area contributed by atoms with Crippen LogP contribution in [0.15, 0.2) is 71.1 Å². The summed E-state index contributed by atoms with van der Waals surface area (Å²) in [6.45, 7) is 4.12. The lowest BCUT2D eigenvalue weighted by Gasteiger charge is -2.11. The normalized spacial score (nSPS) is 11.2. The Hall–Kier alpha value is -3.73. The van der Waals surface area contributed by atoms with Gasteiger partial charge in [0.05, 0.1) is 16.7 Å². The van der Waals surface area contributed by atoms with Crippen molar-refractivity contribution in [3.8, 4) is 11.5 Å². The molecular weight excluding hydrogens is 348 g/mol. The number of rotatable bonds is 3. The second kappa shape index (κ2) is 6.46. The summed E-state index contributed by atoms with van der Waals surface area (Å²) in [5, 5.41) is 13.8. The van der Waals surface area contributed by atoms with Crippen molar-refractivity contribution in [3.63, 3.8) is 0 Å². The summed E-state index contributed by atoms with van der Waals surface area (Å²) in [7, 11) is 0. The number of aryl methyl sites for hydroxylation is 2. The highest BCUT2D eigenvalue weighted by Gasteiger charge is 2.14. The molecule has 5 rings (SSSR count). The molecule has 5 aromatic rings. The Morgan fingerprint density at radius 2 is 1.50 bits per heavy atom. The van der Waals surface area contributed by atoms with Crippen LogP contribution in [0.25, 0.3) is 33.3 Å². The smallest absolute Gasteiger partial charge is 0.320 e. The van der Waals surface area contributed by atoms with Crippen molar-refractivity contribution in [2.75, 3.05) is 5.32 Å². The van der Waals surface area contributed by atoms with Gasteiger partial charge < -0.3 is 9.73 Å². The molecule has 28 heavy (non-hydrogen) atoms. The van der Waals surface area contributed by atoms with E-state index in [2.05, 4.69) is 34.6 Å². The number of hydrogen-bond acceptors (Lipinski definition) is 5. The number of benzene rings is 3. The highest BCUT2D eigenvalue weighted by atomic mass is 16.4. The van der Waals surface area contributed by atoms with Gasteiger partial charge in [-0.15, -0.1) is 5.10 Å². The first-order chi connectivity index (χ1) is 13.7. The van der Waals surface area contributed by atoms with Crippen LogP contribution in [0.1, 0.15) is 11.1 Å². The third-order valence-electron chi connectivity index (χ3n) is 4.79. The third-order valence-corrected chi connectivity index (χ3v) is 4.79. The number of fused-ring (bicyclic) bond motifs is 2. The zero-order chi connectivity index (χ0) is 19.1. The first-order valence-electron chi connectivity index (χ1n) is 9.14. The van der Waals surface area contributed by atoms with Gasteiger partial charge in [-0.25, -0.2) is 4.98 Å². The van der Waals surface area contributed by atoms with Gasteiger partial charge in [0, 0.05) is 16.3 Å². The predicted octanol–water partition coefficient (Wildman–Crippen LogP) is 5.80. The Bertz CT molecular complexity index is 1310. The van der Waals surface area contributed by atoms with Crippen LogP contribution >= 0.6 is 0 Å². The summed E-state index contributed by atoms with van der Waals surface area (Å²) >= 11 is 0. The Morgan fingerprint density at radius 3 is 2.36 bits per heavy atom. The molecule has 0 aliphatic rings. The lowest BCUT2D eigenvalue weighted by molar-refractivity contribution is 0.588. The number of aromatic nitrogens is 3. The summed E-state index contributed by atoms with van der Waals surface area (Å²) in [5.41, 5.74) is 6.00. The lowest BCUT2D eigenvalue weighted by Crippen LogP contribution is -1.96. The number of hydrogen-bond donors (Lipinski definition) is 1. The van der Waals surface area contributed by atoms with E-state index in [4.69, 9.17) is 9.40 Å². The molecule has 0 fully saturated rings. The fourth-order valence-corrected chi connectivity index (χ4v) is 3.33. The van der Waals surface area contributed by atoms with Gasteiger partial charge in [0.15, 0.2) is 0 Å². The van der Waals surface area contributed by atoms with Crippen molar-refractivity contribution in [1.29, 1.82) is 0 Å². The van der Waals surface area contributed by atoms with E-state index in [0.717, 1.165) is 33.1 Å². The first kappa shape index (κ1) is 16.4. The number of anilines is 2. The summed E-state index contributed by atoms with van der Waals surface area (Å²) in [4.78, 5) is 4.78. The topological polar surface area (TPSA) is 63.8 Å². The molecule has 0 saturated heterocycles. The molecule has 136 valence electrons. The molecule has 0 aliphatic heterocycles. The molecule has 0 saturated carbocycles. The van der Waals surface area contributed by atoms with E-state index in [0.29, 0.717) is 11.9 Å². The second-order valence-corrected chi connectivity index (χ2v) is 6.93. The summed E-state index contributed by atoms with van der Waals surface area (Å²) in [6, 6.07) is 22.6.